The molecule has 0 aliphatic rings. The monoisotopic (exact) mass is 288 g/mol. The fourth-order valence-corrected chi connectivity index (χ4v) is 1.43. The summed E-state index contributed by atoms with van der Waals surface area (Å²) in [6, 6.07) is 0. The van der Waals surface area contributed by atoms with Crippen LogP contribution in [0.3, 0.4) is 0 Å². The second-order valence-electron chi connectivity index (χ2n) is 4.53. The SMILES string of the molecule is [CH2]CCOCCC(C)OCCCNC(=O)CCC(=O)O. The Morgan fingerprint density at radius 1 is 1.25 bits per heavy atom. The fraction of sp³-hybridized carbons (Fsp3) is 0.786. The molecule has 0 aliphatic heterocycles. The standard InChI is InChI=1S/C14H26NO5/c1-3-9-19-11-7-12(2)20-10-4-8-15-13(16)5-6-14(17)18/h12H,1,3-11H2,2H3,(H,15,16)(H,17,18). The van der Waals surface area contributed by atoms with Crippen molar-refractivity contribution in [1.29, 1.82) is 0 Å². The van der Waals surface area contributed by atoms with Gasteiger partial charge in [0, 0.05) is 32.8 Å². The highest BCUT2D eigenvalue weighted by atomic mass is 16.5. The minimum absolute atomic E-state index is 0.0240. The molecule has 1 unspecified atom stereocenters. The van der Waals surface area contributed by atoms with E-state index in [-0.39, 0.29) is 24.9 Å². The van der Waals surface area contributed by atoms with Crippen LogP contribution in [0.25, 0.3) is 0 Å². The first-order valence-electron chi connectivity index (χ1n) is 7.03. The topological polar surface area (TPSA) is 84.9 Å². The maximum atomic E-state index is 11.2. The third kappa shape index (κ3) is 13.3. The van der Waals surface area contributed by atoms with Crippen LogP contribution in [0, 0.1) is 6.92 Å². The van der Waals surface area contributed by atoms with Crippen molar-refractivity contribution in [3.05, 3.63) is 6.92 Å². The third-order valence-electron chi connectivity index (χ3n) is 2.57. The zero-order valence-electron chi connectivity index (χ0n) is 12.2. The van der Waals surface area contributed by atoms with Crippen LogP contribution < -0.4 is 5.32 Å². The molecule has 0 bridgehead atoms. The molecule has 0 saturated heterocycles. The van der Waals surface area contributed by atoms with Gasteiger partial charge in [-0.05, 0) is 26.2 Å². The summed E-state index contributed by atoms with van der Waals surface area (Å²) in [5.41, 5.74) is 0. The first kappa shape index (κ1) is 18.9. The van der Waals surface area contributed by atoms with Crippen LogP contribution in [0.15, 0.2) is 0 Å². The number of ether oxygens (including phenoxy) is 2. The molecule has 1 amide bonds. The molecule has 1 atom stereocenters. The van der Waals surface area contributed by atoms with E-state index in [2.05, 4.69) is 12.2 Å². The van der Waals surface area contributed by atoms with Gasteiger partial charge in [-0.2, -0.15) is 0 Å². The molecular weight excluding hydrogens is 262 g/mol. The van der Waals surface area contributed by atoms with Crippen molar-refractivity contribution in [2.24, 2.45) is 0 Å². The molecule has 0 rings (SSSR count). The Labute approximate surface area is 120 Å². The molecule has 2 N–H and O–H groups in total. The summed E-state index contributed by atoms with van der Waals surface area (Å²) in [6.07, 6.45) is 2.34. The highest BCUT2D eigenvalue weighted by molar-refractivity contribution is 5.80. The van der Waals surface area contributed by atoms with Crippen LogP contribution in [0.2, 0.25) is 0 Å². The molecule has 0 spiro atoms. The lowest BCUT2D eigenvalue weighted by Crippen LogP contribution is -2.26. The number of nitrogens with one attached hydrogen (secondary N) is 1. The van der Waals surface area contributed by atoms with E-state index in [1.54, 1.807) is 0 Å². The molecular formula is C14H26NO5. The molecule has 6 heteroatoms. The first-order valence-corrected chi connectivity index (χ1v) is 7.03. The summed E-state index contributed by atoms with van der Waals surface area (Å²) in [5.74, 6) is -1.19. The number of hydrogen-bond donors (Lipinski definition) is 2. The van der Waals surface area contributed by atoms with Crippen molar-refractivity contribution in [3.8, 4) is 0 Å². The Hall–Kier alpha value is -1.14. The number of aliphatic carboxylic acids is 1. The molecule has 0 aromatic rings. The lowest BCUT2D eigenvalue weighted by atomic mass is 10.3. The molecule has 0 aromatic carbocycles. The highest BCUT2D eigenvalue weighted by Crippen LogP contribution is 1.99. The summed E-state index contributed by atoms with van der Waals surface area (Å²) < 4.78 is 10.9. The molecule has 0 fully saturated rings. The van der Waals surface area contributed by atoms with Gasteiger partial charge in [-0.3, -0.25) is 9.59 Å². The molecule has 1 radical (unpaired) electrons. The number of carbonyl (C=O) groups excluding carboxylic acids is 1. The van der Waals surface area contributed by atoms with Crippen molar-refractivity contribution in [1.82, 2.24) is 5.32 Å². The van der Waals surface area contributed by atoms with Gasteiger partial charge in [0.05, 0.1) is 12.5 Å². The molecule has 0 saturated carbocycles. The summed E-state index contributed by atoms with van der Waals surface area (Å²) in [5, 5.41) is 11.1. The number of amides is 1. The lowest BCUT2D eigenvalue weighted by molar-refractivity contribution is -0.138. The van der Waals surface area contributed by atoms with Gasteiger partial charge in [0.1, 0.15) is 0 Å². The zero-order chi connectivity index (χ0) is 15.2. The summed E-state index contributed by atoms with van der Waals surface area (Å²) in [7, 11) is 0. The van der Waals surface area contributed by atoms with Gasteiger partial charge in [0.25, 0.3) is 0 Å². The minimum atomic E-state index is -0.960. The molecule has 0 heterocycles. The smallest absolute Gasteiger partial charge is 0.303 e. The predicted octanol–water partition coefficient (Wildman–Crippen LogP) is 1.39. The number of hydrogen-bond acceptors (Lipinski definition) is 4. The average molecular weight is 288 g/mol. The first-order chi connectivity index (χ1) is 9.56. The van der Waals surface area contributed by atoms with Crippen molar-refractivity contribution >= 4 is 11.9 Å². The number of carbonyl (C=O) groups is 2. The van der Waals surface area contributed by atoms with Crippen molar-refractivity contribution in [2.45, 2.75) is 45.1 Å². The number of rotatable bonds is 13. The van der Waals surface area contributed by atoms with Crippen molar-refractivity contribution in [2.75, 3.05) is 26.4 Å². The quantitative estimate of drug-likeness (QED) is 0.500. The van der Waals surface area contributed by atoms with Crippen molar-refractivity contribution in [3.63, 3.8) is 0 Å². The van der Waals surface area contributed by atoms with E-state index in [4.69, 9.17) is 14.6 Å². The summed E-state index contributed by atoms with van der Waals surface area (Å²) in [4.78, 5) is 21.5. The fourth-order valence-electron chi connectivity index (χ4n) is 1.43. The lowest BCUT2D eigenvalue weighted by Gasteiger charge is -2.13. The van der Waals surface area contributed by atoms with Gasteiger partial charge in [-0.1, -0.05) is 6.92 Å². The molecule has 0 aromatic heterocycles. The Morgan fingerprint density at radius 2 is 2.00 bits per heavy atom. The van der Waals surface area contributed by atoms with Gasteiger partial charge in [-0.15, -0.1) is 0 Å². The van der Waals surface area contributed by atoms with Gasteiger partial charge < -0.3 is 19.9 Å². The number of carboxylic acids is 1. The summed E-state index contributed by atoms with van der Waals surface area (Å²) in [6.45, 7) is 8.08. The number of carboxylic acid groups (broad SMARTS) is 1. The van der Waals surface area contributed by atoms with E-state index >= 15 is 0 Å². The second-order valence-corrected chi connectivity index (χ2v) is 4.53. The van der Waals surface area contributed by atoms with E-state index in [1.165, 1.54) is 0 Å². The van der Waals surface area contributed by atoms with Gasteiger partial charge in [0.15, 0.2) is 0 Å². The Bertz CT molecular complexity index is 270. The van der Waals surface area contributed by atoms with E-state index in [0.29, 0.717) is 32.8 Å². The van der Waals surface area contributed by atoms with Crippen LogP contribution in [0.1, 0.15) is 39.0 Å². The van der Waals surface area contributed by atoms with Gasteiger partial charge in [0.2, 0.25) is 5.91 Å². The van der Waals surface area contributed by atoms with Crippen LogP contribution in [-0.2, 0) is 19.1 Å². The van der Waals surface area contributed by atoms with E-state index in [9.17, 15) is 9.59 Å². The average Bonchev–Trinajstić information content (AvgIpc) is 2.41. The summed E-state index contributed by atoms with van der Waals surface area (Å²) >= 11 is 0. The van der Waals surface area contributed by atoms with Crippen molar-refractivity contribution < 1.29 is 24.2 Å². The Morgan fingerprint density at radius 3 is 2.65 bits per heavy atom. The van der Waals surface area contributed by atoms with E-state index < -0.39 is 5.97 Å². The highest BCUT2D eigenvalue weighted by Gasteiger charge is 2.05. The Kier molecular flexibility index (Phi) is 12.1. The maximum absolute atomic E-state index is 11.2. The molecule has 0 aliphatic carbocycles. The van der Waals surface area contributed by atoms with Gasteiger partial charge in [-0.25, -0.2) is 0 Å². The maximum Gasteiger partial charge on any atom is 0.303 e. The zero-order valence-corrected chi connectivity index (χ0v) is 12.2. The third-order valence-corrected chi connectivity index (χ3v) is 2.57. The predicted molar refractivity (Wildman–Crippen MR) is 75.3 cm³/mol. The Balaban J connectivity index is 3.34. The van der Waals surface area contributed by atoms with E-state index in [0.717, 1.165) is 12.8 Å². The van der Waals surface area contributed by atoms with Crippen LogP contribution >= 0.6 is 0 Å². The molecule has 20 heavy (non-hydrogen) atoms. The van der Waals surface area contributed by atoms with E-state index in [1.807, 2.05) is 6.92 Å². The minimum Gasteiger partial charge on any atom is -0.481 e. The second kappa shape index (κ2) is 12.9. The van der Waals surface area contributed by atoms with Gasteiger partial charge >= 0.3 is 5.97 Å². The molecule has 6 nitrogen and oxygen atoms in total. The molecule has 117 valence electrons. The largest absolute Gasteiger partial charge is 0.481 e. The van der Waals surface area contributed by atoms with Crippen LogP contribution in [0.4, 0.5) is 0 Å². The van der Waals surface area contributed by atoms with Crippen LogP contribution in [0.5, 0.6) is 0 Å². The van der Waals surface area contributed by atoms with Crippen LogP contribution in [-0.4, -0.2) is 49.5 Å². The normalized spacial score (nSPS) is 12.1.